The molecule has 2 saturated heterocycles. The van der Waals surface area contributed by atoms with Gasteiger partial charge in [-0.15, -0.1) is 0 Å². The van der Waals surface area contributed by atoms with E-state index in [1.54, 1.807) is 0 Å². The molecule has 2 heterocycles. The molecule has 0 aromatic rings. The molecular weight excluding hydrogens is 344 g/mol. The van der Waals surface area contributed by atoms with Gasteiger partial charge in [-0.05, 0) is 73.9 Å². The Bertz CT molecular complexity index is 445. The van der Waals surface area contributed by atoms with E-state index in [0.29, 0.717) is 12.8 Å². The summed E-state index contributed by atoms with van der Waals surface area (Å²) < 4.78 is 10.6. The van der Waals surface area contributed by atoms with Crippen LogP contribution in [-0.4, -0.2) is 33.9 Å². The monoisotopic (exact) mass is 370 g/mol. The van der Waals surface area contributed by atoms with Gasteiger partial charge in [0.2, 0.25) is 0 Å². The molecule has 2 aliphatic heterocycles. The van der Waals surface area contributed by atoms with Gasteiger partial charge in [-0.2, -0.15) is 0 Å². The summed E-state index contributed by atoms with van der Waals surface area (Å²) in [7, 11) is 0. The summed E-state index contributed by atoms with van der Waals surface area (Å²) in [5.41, 5.74) is 0. The molecule has 0 bridgehead atoms. The lowest BCUT2D eigenvalue weighted by molar-refractivity contribution is -0.154. The van der Waals surface area contributed by atoms with E-state index in [1.807, 2.05) is 0 Å². The van der Waals surface area contributed by atoms with Crippen LogP contribution in [0.5, 0.6) is 0 Å². The molecule has 0 radical (unpaired) electrons. The van der Waals surface area contributed by atoms with E-state index in [1.165, 1.54) is 0 Å². The van der Waals surface area contributed by atoms with Crippen LogP contribution in [0.1, 0.15) is 77.0 Å². The highest BCUT2D eigenvalue weighted by Crippen LogP contribution is 2.21. The van der Waals surface area contributed by atoms with E-state index < -0.39 is 0 Å². The fourth-order valence-electron chi connectivity index (χ4n) is 3.13. The molecule has 134 valence electrons. The molecule has 0 N–H and O–H groups in total. The zero-order chi connectivity index (χ0) is 17.4. The predicted octanol–water partition coefficient (Wildman–Crippen LogP) is 4.26. The fraction of sp³-hybridized carbons (Fsp3) is 0.778. The average molecular weight is 371 g/mol. The zero-order valence-electron chi connectivity index (χ0n) is 14.1. The first-order valence-corrected chi connectivity index (χ1v) is 9.77. The third-order valence-corrected chi connectivity index (χ3v) is 5.40. The van der Waals surface area contributed by atoms with Crippen LogP contribution < -0.4 is 0 Å². The lowest BCUT2D eigenvalue weighted by Gasteiger charge is -2.22. The maximum absolute atomic E-state index is 11.3. The van der Waals surface area contributed by atoms with Crippen molar-refractivity contribution in [3.05, 3.63) is 0 Å². The number of hydrogen-bond acceptors (Lipinski definition) is 6. The van der Waals surface area contributed by atoms with Crippen molar-refractivity contribution in [1.82, 2.24) is 0 Å². The Kier molecular flexibility index (Phi) is 8.25. The molecule has 0 aromatic heterocycles. The van der Waals surface area contributed by atoms with Gasteiger partial charge >= 0.3 is 11.9 Å². The molecule has 2 rings (SSSR count). The van der Waals surface area contributed by atoms with E-state index in [9.17, 15) is 9.59 Å². The van der Waals surface area contributed by atoms with E-state index in [2.05, 4.69) is 0 Å². The molecule has 2 aliphatic rings. The van der Waals surface area contributed by atoms with Gasteiger partial charge in [0.1, 0.15) is 12.2 Å². The number of ether oxygens (including phenoxy) is 2. The minimum absolute atomic E-state index is 0.0390. The van der Waals surface area contributed by atoms with Crippen LogP contribution in [0.2, 0.25) is 0 Å². The summed E-state index contributed by atoms with van der Waals surface area (Å²) in [5.74, 6) is -0.163. The van der Waals surface area contributed by atoms with Gasteiger partial charge in [-0.1, -0.05) is 24.4 Å². The predicted molar refractivity (Wildman–Crippen MR) is 100 cm³/mol. The first kappa shape index (κ1) is 19.4. The van der Waals surface area contributed by atoms with Crippen LogP contribution in [0.3, 0.4) is 0 Å². The Morgan fingerprint density at radius 3 is 1.58 bits per heavy atom. The molecule has 2 fully saturated rings. The molecule has 0 aromatic carbocycles. The fourth-order valence-corrected chi connectivity index (χ4v) is 3.57. The topological polar surface area (TPSA) is 52.6 Å². The first-order valence-electron chi connectivity index (χ1n) is 8.95. The minimum Gasteiger partial charge on any atom is -0.462 e. The van der Waals surface area contributed by atoms with Gasteiger partial charge in [-0.25, -0.2) is 0 Å². The lowest BCUT2D eigenvalue weighted by Crippen LogP contribution is -2.24. The van der Waals surface area contributed by atoms with Crippen LogP contribution in [-0.2, 0) is 19.1 Å². The average Bonchev–Trinajstić information content (AvgIpc) is 2.56. The minimum atomic E-state index is -0.0817. The summed E-state index contributed by atoms with van der Waals surface area (Å²) in [5, 5.41) is 0. The smallest absolute Gasteiger partial charge is 0.306 e. The number of rotatable bonds is 9. The Morgan fingerprint density at radius 2 is 1.21 bits per heavy atom. The summed E-state index contributed by atoms with van der Waals surface area (Å²) in [6, 6.07) is 0. The molecule has 0 aliphatic carbocycles. The van der Waals surface area contributed by atoms with E-state index in [4.69, 9.17) is 33.9 Å². The van der Waals surface area contributed by atoms with Gasteiger partial charge in [0.05, 0.1) is 0 Å². The highest BCUT2D eigenvalue weighted by molar-refractivity contribution is 7.80. The first-order chi connectivity index (χ1) is 11.5. The van der Waals surface area contributed by atoms with Crippen molar-refractivity contribution in [3.63, 3.8) is 0 Å². The standard InChI is InChI=1S/C18H26O4S2/c19-17-5-1-3-13(21-17)7-9-15(23)11-12-16(24)10-8-14-4-2-6-18(20)22-14/h13-14H,1-12H2. The van der Waals surface area contributed by atoms with Crippen molar-refractivity contribution in [2.24, 2.45) is 0 Å². The number of thiocarbonyl (C=S) groups is 2. The van der Waals surface area contributed by atoms with E-state index >= 15 is 0 Å². The largest absolute Gasteiger partial charge is 0.462 e. The van der Waals surface area contributed by atoms with Crippen molar-refractivity contribution >= 4 is 46.1 Å². The Morgan fingerprint density at radius 1 is 0.792 bits per heavy atom. The van der Waals surface area contributed by atoms with Gasteiger partial charge in [-0.3, -0.25) is 9.59 Å². The summed E-state index contributed by atoms with van der Waals surface area (Å²) in [6.07, 6.45) is 9.85. The van der Waals surface area contributed by atoms with Gasteiger partial charge in [0.25, 0.3) is 0 Å². The van der Waals surface area contributed by atoms with E-state index in [0.717, 1.165) is 73.9 Å². The molecule has 0 spiro atoms. The molecule has 4 nitrogen and oxygen atoms in total. The maximum atomic E-state index is 11.3. The third kappa shape index (κ3) is 7.34. The molecule has 2 atom stereocenters. The molecule has 2 unspecified atom stereocenters. The van der Waals surface area contributed by atoms with Crippen molar-refractivity contribution < 1.29 is 19.1 Å². The molecular formula is C18H26O4S2. The van der Waals surface area contributed by atoms with Gasteiger partial charge < -0.3 is 9.47 Å². The number of carbonyl (C=O) groups excluding carboxylic acids is 2. The lowest BCUT2D eigenvalue weighted by atomic mass is 9.99. The molecule has 24 heavy (non-hydrogen) atoms. The number of carbonyl (C=O) groups is 2. The molecule has 0 saturated carbocycles. The SMILES string of the molecule is O=C1CCCC(CCC(=S)CCC(=S)CCC2CCCC(=O)O2)O1. The zero-order valence-corrected chi connectivity index (χ0v) is 15.7. The second kappa shape index (κ2) is 10.2. The third-order valence-electron chi connectivity index (χ3n) is 4.58. The number of cyclic esters (lactones) is 2. The molecule has 0 amide bonds. The van der Waals surface area contributed by atoms with Crippen LogP contribution in [0.25, 0.3) is 0 Å². The summed E-state index contributed by atoms with van der Waals surface area (Å²) >= 11 is 10.9. The highest BCUT2D eigenvalue weighted by atomic mass is 32.1. The number of hydrogen-bond donors (Lipinski definition) is 0. The van der Waals surface area contributed by atoms with Crippen LogP contribution in [0.15, 0.2) is 0 Å². The van der Waals surface area contributed by atoms with Crippen molar-refractivity contribution in [3.8, 4) is 0 Å². The maximum Gasteiger partial charge on any atom is 0.306 e. The normalized spacial score (nSPS) is 24.2. The highest BCUT2D eigenvalue weighted by Gasteiger charge is 2.21. The van der Waals surface area contributed by atoms with Gasteiger partial charge in [0.15, 0.2) is 0 Å². The van der Waals surface area contributed by atoms with Crippen LogP contribution in [0.4, 0.5) is 0 Å². The Labute approximate surface area is 154 Å². The van der Waals surface area contributed by atoms with Crippen LogP contribution >= 0.6 is 24.4 Å². The quantitative estimate of drug-likeness (QED) is 0.446. The van der Waals surface area contributed by atoms with Crippen molar-refractivity contribution in [2.75, 3.05) is 0 Å². The van der Waals surface area contributed by atoms with Gasteiger partial charge in [0, 0.05) is 12.8 Å². The van der Waals surface area contributed by atoms with Crippen LogP contribution in [0, 0.1) is 0 Å². The Hall–Kier alpha value is -0.880. The molecule has 6 heteroatoms. The van der Waals surface area contributed by atoms with E-state index in [-0.39, 0.29) is 24.1 Å². The summed E-state index contributed by atoms with van der Waals surface area (Å²) in [6.45, 7) is 0. The number of esters is 2. The van der Waals surface area contributed by atoms with Crippen molar-refractivity contribution in [1.29, 1.82) is 0 Å². The second-order valence-corrected chi connectivity index (χ2v) is 7.82. The second-order valence-electron chi connectivity index (χ2n) is 6.66. The Balaban J connectivity index is 1.55. The summed E-state index contributed by atoms with van der Waals surface area (Å²) in [4.78, 5) is 24.5. The van der Waals surface area contributed by atoms with Crippen molar-refractivity contribution in [2.45, 2.75) is 89.3 Å².